The number of nitrogens with one attached hydrogen (secondary N) is 1. The van der Waals surface area contributed by atoms with Crippen molar-refractivity contribution in [3.63, 3.8) is 0 Å². The Morgan fingerprint density at radius 1 is 1.07 bits per heavy atom. The minimum absolute atomic E-state index is 0.777. The van der Waals surface area contributed by atoms with Gasteiger partial charge in [0.15, 0.2) is 0 Å². The Morgan fingerprint density at radius 2 is 1.85 bits per heavy atom. The first-order chi connectivity index (χ1) is 13.2. The summed E-state index contributed by atoms with van der Waals surface area (Å²) in [4.78, 5) is 5.00. The SMILES string of the molecule is CC1CCCCN1CCCNCc1ccc(/C=N/N2CCN(C)CC2)cc1. The molecule has 2 heterocycles. The van der Waals surface area contributed by atoms with Crippen molar-refractivity contribution in [3.05, 3.63) is 35.4 Å². The van der Waals surface area contributed by atoms with Crippen molar-refractivity contribution in [3.8, 4) is 0 Å². The number of rotatable bonds is 8. The van der Waals surface area contributed by atoms with Crippen molar-refractivity contribution in [2.75, 3.05) is 52.9 Å². The number of nitrogens with zero attached hydrogens (tertiary/aromatic N) is 4. The highest BCUT2D eigenvalue weighted by Gasteiger charge is 2.16. The monoisotopic (exact) mass is 371 g/mol. The van der Waals surface area contributed by atoms with Gasteiger partial charge in [-0.15, -0.1) is 0 Å². The molecule has 0 aliphatic carbocycles. The zero-order valence-corrected chi connectivity index (χ0v) is 17.2. The maximum Gasteiger partial charge on any atom is 0.0542 e. The van der Waals surface area contributed by atoms with E-state index in [-0.39, 0.29) is 0 Å². The van der Waals surface area contributed by atoms with E-state index in [9.17, 15) is 0 Å². The van der Waals surface area contributed by atoms with Gasteiger partial charge in [-0.05, 0) is 64.0 Å². The first-order valence-corrected chi connectivity index (χ1v) is 10.7. The van der Waals surface area contributed by atoms with E-state index in [1.165, 1.54) is 49.9 Å². The molecule has 2 aliphatic rings. The van der Waals surface area contributed by atoms with Crippen LogP contribution in [0.2, 0.25) is 0 Å². The lowest BCUT2D eigenvalue weighted by Gasteiger charge is -2.33. The van der Waals surface area contributed by atoms with Crippen molar-refractivity contribution in [1.29, 1.82) is 0 Å². The van der Waals surface area contributed by atoms with E-state index < -0.39 is 0 Å². The number of hydrogen-bond donors (Lipinski definition) is 1. The molecule has 2 saturated heterocycles. The Kier molecular flexibility index (Phi) is 8.11. The normalized spacial score (nSPS) is 22.6. The Balaban J connectivity index is 1.32. The summed E-state index contributed by atoms with van der Waals surface area (Å²) in [6.07, 6.45) is 7.38. The average molecular weight is 372 g/mol. The molecule has 1 aromatic carbocycles. The minimum Gasteiger partial charge on any atom is -0.313 e. The second kappa shape index (κ2) is 10.8. The van der Waals surface area contributed by atoms with Gasteiger partial charge in [-0.1, -0.05) is 30.7 Å². The van der Waals surface area contributed by atoms with E-state index in [1.54, 1.807) is 0 Å². The molecule has 1 unspecified atom stereocenters. The van der Waals surface area contributed by atoms with Crippen molar-refractivity contribution in [1.82, 2.24) is 20.1 Å². The fourth-order valence-electron chi connectivity index (χ4n) is 3.91. The lowest BCUT2D eigenvalue weighted by molar-refractivity contribution is 0.159. The highest BCUT2D eigenvalue weighted by atomic mass is 15.5. The summed E-state index contributed by atoms with van der Waals surface area (Å²) < 4.78 is 0. The van der Waals surface area contributed by atoms with E-state index >= 15 is 0 Å². The third kappa shape index (κ3) is 6.91. The van der Waals surface area contributed by atoms with E-state index in [4.69, 9.17) is 0 Å². The Morgan fingerprint density at radius 3 is 2.59 bits per heavy atom. The number of hydrogen-bond acceptors (Lipinski definition) is 5. The molecule has 2 fully saturated rings. The van der Waals surface area contributed by atoms with Gasteiger partial charge < -0.3 is 15.1 Å². The minimum atomic E-state index is 0.777. The molecule has 5 nitrogen and oxygen atoms in total. The fourth-order valence-corrected chi connectivity index (χ4v) is 3.91. The zero-order valence-electron chi connectivity index (χ0n) is 17.2. The lowest BCUT2D eigenvalue weighted by atomic mass is 10.0. The number of likely N-dealkylation sites (N-methyl/N-ethyl adjacent to an activating group) is 1. The Labute approximate surface area is 165 Å². The third-order valence-corrected chi connectivity index (χ3v) is 5.90. The van der Waals surface area contributed by atoms with Gasteiger partial charge >= 0.3 is 0 Å². The molecular weight excluding hydrogens is 334 g/mol. The van der Waals surface area contributed by atoms with Crippen LogP contribution in [0.5, 0.6) is 0 Å². The average Bonchev–Trinajstić information content (AvgIpc) is 2.69. The second-order valence-electron chi connectivity index (χ2n) is 8.15. The third-order valence-electron chi connectivity index (χ3n) is 5.90. The zero-order chi connectivity index (χ0) is 18.9. The van der Waals surface area contributed by atoms with Gasteiger partial charge in [0.2, 0.25) is 0 Å². The van der Waals surface area contributed by atoms with Crippen LogP contribution in [-0.4, -0.2) is 79.9 Å². The number of piperidine rings is 1. The van der Waals surface area contributed by atoms with E-state index in [2.05, 4.69) is 63.5 Å². The molecule has 1 aromatic rings. The molecule has 1 N–H and O–H groups in total. The van der Waals surface area contributed by atoms with Gasteiger partial charge in [0.1, 0.15) is 0 Å². The van der Waals surface area contributed by atoms with Crippen molar-refractivity contribution < 1.29 is 0 Å². The number of hydrazone groups is 1. The maximum atomic E-state index is 4.62. The predicted octanol–water partition coefficient (Wildman–Crippen LogP) is 2.62. The lowest BCUT2D eigenvalue weighted by Crippen LogP contribution is -2.41. The molecule has 2 aliphatic heterocycles. The molecule has 0 spiro atoms. The van der Waals surface area contributed by atoms with Crippen molar-refractivity contribution >= 4 is 6.21 Å². The summed E-state index contributed by atoms with van der Waals surface area (Å²) in [5, 5.41) is 10.4. The summed E-state index contributed by atoms with van der Waals surface area (Å²) >= 11 is 0. The first kappa shape index (κ1) is 20.3. The van der Waals surface area contributed by atoms with Crippen LogP contribution in [0.25, 0.3) is 0 Å². The largest absolute Gasteiger partial charge is 0.313 e. The van der Waals surface area contributed by atoms with Gasteiger partial charge in [0, 0.05) is 38.8 Å². The van der Waals surface area contributed by atoms with Crippen molar-refractivity contribution in [2.24, 2.45) is 5.10 Å². The van der Waals surface area contributed by atoms with Crippen LogP contribution in [0.1, 0.15) is 43.7 Å². The number of piperazine rings is 1. The molecule has 0 radical (unpaired) electrons. The van der Waals surface area contributed by atoms with Crippen LogP contribution in [0.15, 0.2) is 29.4 Å². The van der Waals surface area contributed by atoms with Crippen LogP contribution in [-0.2, 0) is 6.54 Å². The first-order valence-electron chi connectivity index (χ1n) is 10.7. The van der Waals surface area contributed by atoms with E-state index in [0.29, 0.717) is 0 Å². The number of benzene rings is 1. The van der Waals surface area contributed by atoms with Crippen LogP contribution in [0.4, 0.5) is 0 Å². The van der Waals surface area contributed by atoms with Gasteiger partial charge in [-0.3, -0.25) is 5.01 Å². The molecule has 150 valence electrons. The fraction of sp³-hybridized carbons (Fsp3) is 0.682. The molecule has 3 rings (SSSR count). The van der Waals surface area contributed by atoms with Gasteiger partial charge in [0.25, 0.3) is 0 Å². The van der Waals surface area contributed by atoms with E-state index in [0.717, 1.165) is 45.3 Å². The molecule has 1 atom stereocenters. The molecule has 0 amide bonds. The topological polar surface area (TPSA) is 34.1 Å². The number of likely N-dealkylation sites (tertiary alicyclic amines) is 1. The van der Waals surface area contributed by atoms with Gasteiger partial charge in [-0.2, -0.15) is 5.10 Å². The standard InChI is InChI=1S/C22H37N5/c1-20-6-3-4-12-26(20)13-5-11-23-18-21-7-9-22(10-8-21)19-24-27-16-14-25(2)15-17-27/h7-10,19-20,23H,3-6,11-18H2,1-2H3/b24-19+. The second-order valence-corrected chi connectivity index (χ2v) is 8.15. The highest BCUT2D eigenvalue weighted by Crippen LogP contribution is 2.16. The van der Waals surface area contributed by atoms with E-state index in [1.807, 2.05) is 6.21 Å². The summed E-state index contributed by atoms with van der Waals surface area (Å²) in [7, 11) is 2.17. The molecule has 27 heavy (non-hydrogen) atoms. The summed E-state index contributed by atoms with van der Waals surface area (Å²) in [5.74, 6) is 0. The van der Waals surface area contributed by atoms with Crippen LogP contribution >= 0.6 is 0 Å². The van der Waals surface area contributed by atoms with Gasteiger partial charge in [0.05, 0.1) is 6.21 Å². The smallest absolute Gasteiger partial charge is 0.0542 e. The predicted molar refractivity (Wildman–Crippen MR) is 114 cm³/mol. The Bertz CT molecular complexity index is 563. The highest BCUT2D eigenvalue weighted by molar-refractivity contribution is 5.79. The maximum absolute atomic E-state index is 4.62. The van der Waals surface area contributed by atoms with Crippen LogP contribution in [0.3, 0.4) is 0 Å². The molecule has 0 saturated carbocycles. The van der Waals surface area contributed by atoms with Crippen molar-refractivity contribution in [2.45, 2.75) is 45.2 Å². The summed E-state index contributed by atoms with van der Waals surface area (Å²) in [6, 6.07) is 9.55. The van der Waals surface area contributed by atoms with Crippen LogP contribution < -0.4 is 5.32 Å². The quantitative estimate of drug-likeness (QED) is 0.563. The molecule has 0 aromatic heterocycles. The van der Waals surface area contributed by atoms with Gasteiger partial charge in [-0.25, -0.2) is 0 Å². The Hall–Kier alpha value is -1.43. The summed E-state index contributed by atoms with van der Waals surface area (Å²) in [5.41, 5.74) is 2.52. The molecule has 5 heteroatoms. The van der Waals surface area contributed by atoms with Crippen LogP contribution in [0, 0.1) is 0 Å². The molecule has 0 bridgehead atoms. The summed E-state index contributed by atoms with van der Waals surface area (Å²) in [6.45, 7) is 11.2. The molecular formula is C22H37N5.